The van der Waals surface area contributed by atoms with Gasteiger partial charge in [0.25, 0.3) is 5.69 Å². The van der Waals surface area contributed by atoms with E-state index in [9.17, 15) is 14.9 Å². The number of para-hydroxylation sites is 1. The summed E-state index contributed by atoms with van der Waals surface area (Å²) in [5, 5.41) is 17.9. The number of aromatic nitrogens is 2. The zero-order valence-electron chi connectivity index (χ0n) is 13.8. The molecule has 0 aliphatic rings. The molecule has 0 radical (unpaired) electrons. The van der Waals surface area contributed by atoms with Crippen LogP contribution in [0.2, 0.25) is 0 Å². The molecule has 0 aliphatic heterocycles. The minimum absolute atomic E-state index is 0.0503. The third-order valence-corrected chi connectivity index (χ3v) is 3.69. The number of nitrogens with one attached hydrogen (secondary N) is 1. The summed E-state index contributed by atoms with van der Waals surface area (Å²) in [6.45, 7) is 0.525. The summed E-state index contributed by atoms with van der Waals surface area (Å²) in [6.07, 6.45) is 4.29. The van der Waals surface area contributed by atoms with E-state index in [2.05, 4.69) is 10.4 Å². The molecular weight excluding hydrogens is 332 g/mol. The number of amides is 1. The van der Waals surface area contributed by atoms with Gasteiger partial charge < -0.3 is 5.32 Å². The van der Waals surface area contributed by atoms with Crippen molar-refractivity contribution in [2.24, 2.45) is 0 Å². The maximum Gasteiger partial charge on any atom is 0.276 e. The van der Waals surface area contributed by atoms with Crippen LogP contribution in [0.1, 0.15) is 11.1 Å². The number of anilines is 1. The number of rotatable bonds is 6. The SMILES string of the molecule is O=C(/C=C/c1ccccc1[N+](=O)[O-])Nc1ccnn1Cc1ccccc1. The Kier molecular flexibility index (Phi) is 5.19. The van der Waals surface area contributed by atoms with Crippen molar-refractivity contribution < 1.29 is 9.72 Å². The van der Waals surface area contributed by atoms with Crippen molar-refractivity contribution in [2.75, 3.05) is 5.32 Å². The topological polar surface area (TPSA) is 90.1 Å². The van der Waals surface area contributed by atoms with Crippen LogP contribution in [0.5, 0.6) is 0 Å². The summed E-state index contributed by atoms with van der Waals surface area (Å²) in [5.74, 6) is 0.157. The zero-order chi connectivity index (χ0) is 18.4. The number of benzene rings is 2. The molecular formula is C19H16N4O3. The highest BCUT2D eigenvalue weighted by Crippen LogP contribution is 2.19. The number of nitro groups is 1. The van der Waals surface area contributed by atoms with Crippen molar-refractivity contribution in [2.45, 2.75) is 6.54 Å². The fraction of sp³-hybridized carbons (Fsp3) is 0.0526. The molecule has 130 valence electrons. The van der Waals surface area contributed by atoms with Crippen molar-refractivity contribution in [3.8, 4) is 0 Å². The second-order valence-corrected chi connectivity index (χ2v) is 5.50. The molecule has 0 bridgehead atoms. The first-order valence-corrected chi connectivity index (χ1v) is 7.92. The Balaban J connectivity index is 1.70. The molecule has 0 aliphatic carbocycles. The molecule has 1 N–H and O–H groups in total. The Hall–Kier alpha value is -3.74. The standard InChI is InChI=1S/C19H16N4O3/c24-19(11-10-16-8-4-5-9-17(16)23(25)26)21-18-12-13-20-22(18)14-15-6-2-1-3-7-15/h1-13H,14H2,(H,21,24)/b11-10+. The van der Waals surface area contributed by atoms with Crippen LogP contribution in [0.4, 0.5) is 11.5 Å². The highest BCUT2D eigenvalue weighted by Gasteiger charge is 2.10. The van der Waals surface area contributed by atoms with E-state index in [-0.39, 0.29) is 5.69 Å². The summed E-state index contributed by atoms with van der Waals surface area (Å²) >= 11 is 0. The first kappa shape index (κ1) is 17.1. The van der Waals surface area contributed by atoms with E-state index in [0.717, 1.165) is 5.56 Å². The largest absolute Gasteiger partial charge is 0.307 e. The maximum absolute atomic E-state index is 12.2. The lowest BCUT2D eigenvalue weighted by Crippen LogP contribution is -2.13. The fourth-order valence-electron chi connectivity index (χ4n) is 2.45. The predicted octanol–water partition coefficient (Wildman–Crippen LogP) is 3.49. The number of carbonyl (C=O) groups excluding carboxylic acids is 1. The fourth-order valence-corrected chi connectivity index (χ4v) is 2.45. The zero-order valence-corrected chi connectivity index (χ0v) is 13.8. The number of hydrogen-bond donors (Lipinski definition) is 1. The Morgan fingerprint density at radius 2 is 1.85 bits per heavy atom. The van der Waals surface area contributed by atoms with Crippen LogP contribution < -0.4 is 5.32 Å². The molecule has 3 rings (SSSR count). The molecule has 0 saturated carbocycles. The van der Waals surface area contributed by atoms with E-state index in [1.807, 2.05) is 30.3 Å². The Bertz CT molecular complexity index is 948. The van der Waals surface area contributed by atoms with Gasteiger partial charge in [0.2, 0.25) is 5.91 Å². The van der Waals surface area contributed by atoms with Gasteiger partial charge in [0.1, 0.15) is 5.82 Å². The van der Waals surface area contributed by atoms with Gasteiger partial charge in [-0.2, -0.15) is 5.10 Å². The lowest BCUT2D eigenvalue weighted by molar-refractivity contribution is -0.385. The van der Waals surface area contributed by atoms with Gasteiger partial charge in [-0.15, -0.1) is 0 Å². The van der Waals surface area contributed by atoms with Gasteiger partial charge in [-0.25, -0.2) is 4.68 Å². The lowest BCUT2D eigenvalue weighted by Gasteiger charge is -2.07. The lowest BCUT2D eigenvalue weighted by atomic mass is 10.1. The maximum atomic E-state index is 12.2. The molecule has 0 unspecified atom stereocenters. The van der Waals surface area contributed by atoms with Gasteiger partial charge in [0, 0.05) is 18.2 Å². The van der Waals surface area contributed by atoms with E-state index in [1.165, 1.54) is 18.2 Å². The van der Waals surface area contributed by atoms with Crippen LogP contribution in [0.25, 0.3) is 6.08 Å². The second-order valence-electron chi connectivity index (χ2n) is 5.50. The molecule has 2 aromatic carbocycles. The molecule has 1 heterocycles. The quantitative estimate of drug-likeness (QED) is 0.419. The summed E-state index contributed by atoms with van der Waals surface area (Å²) < 4.78 is 1.67. The van der Waals surface area contributed by atoms with Gasteiger partial charge in [-0.05, 0) is 17.7 Å². The molecule has 26 heavy (non-hydrogen) atoms. The van der Waals surface area contributed by atoms with E-state index < -0.39 is 10.8 Å². The monoisotopic (exact) mass is 348 g/mol. The van der Waals surface area contributed by atoms with E-state index in [4.69, 9.17) is 0 Å². The molecule has 0 fully saturated rings. The molecule has 3 aromatic rings. The number of nitrogens with zero attached hydrogens (tertiary/aromatic N) is 3. The summed E-state index contributed by atoms with van der Waals surface area (Å²) in [5.41, 5.74) is 1.37. The first-order chi connectivity index (χ1) is 12.6. The molecule has 0 spiro atoms. The van der Waals surface area contributed by atoms with Gasteiger partial charge in [0.05, 0.1) is 23.2 Å². The minimum atomic E-state index is -0.480. The number of nitro benzene ring substituents is 1. The second kappa shape index (κ2) is 7.89. The summed E-state index contributed by atoms with van der Waals surface area (Å²) in [4.78, 5) is 22.7. The molecule has 0 saturated heterocycles. The van der Waals surface area contributed by atoms with Gasteiger partial charge in [-0.1, -0.05) is 42.5 Å². The third-order valence-electron chi connectivity index (χ3n) is 3.69. The number of hydrogen-bond acceptors (Lipinski definition) is 4. The normalized spacial score (nSPS) is 10.8. The predicted molar refractivity (Wildman–Crippen MR) is 98.5 cm³/mol. The Morgan fingerprint density at radius 3 is 2.62 bits per heavy atom. The van der Waals surface area contributed by atoms with Crippen LogP contribution >= 0.6 is 0 Å². The molecule has 1 amide bonds. The summed E-state index contributed by atoms with van der Waals surface area (Å²) in [7, 11) is 0. The minimum Gasteiger partial charge on any atom is -0.307 e. The van der Waals surface area contributed by atoms with E-state index in [0.29, 0.717) is 17.9 Å². The molecule has 1 aromatic heterocycles. The molecule has 7 heteroatoms. The molecule has 0 atom stereocenters. The molecule has 7 nitrogen and oxygen atoms in total. The van der Waals surface area contributed by atoms with Crippen molar-refractivity contribution in [3.05, 3.63) is 94.2 Å². The first-order valence-electron chi connectivity index (χ1n) is 7.92. The van der Waals surface area contributed by atoms with Gasteiger partial charge in [0.15, 0.2) is 0 Å². The van der Waals surface area contributed by atoms with Crippen LogP contribution in [0.15, 0.2) is 72.9 Å². The van der Waals surface area contributed by atoms with Crippen LogP contribution in [-0.4, -0.2) is 20.6 Å². The van der Waals surface area contributed by atoms with E-state index in [1.54, 1.807) is 35.1 Å². The van der Waals surface area contributed by atoms with Crippen molar-refractivity contribution in [1.29, 1.82) is 0 Å². The Morgan fingerprint density at radius 1 is 1.12 bits per heavy atom. The Labute approximate surface area is 149 Å². The average molecular weight is 348 g/mol. The van der Waals surface area contributed by atoms with E-state index >= 15 is 0 Å². The number of carbonyl (C=O) groups is 1. The van der Waals surface area contributed by atoms with Crippen molar-refractivity contribution in [3.63, 3.8) is 0 Å². The highest BCUT2D eigenvalue weighted by molar-refractivity contribution is 6.01. The van der Waals surface area contributed by atoms with Crippen LogP contribution in [0, 0.1) is 10.1 Å². The van der Waals surface area contributed by atoms with Crippen molar-refractivity contribution >= 4 is 23.5 Å². The third kappa shape index (κ3) is 4.21. The van der Waals surface area contributed by atoms with Crippen LogP contribution in [-0.2, 0) is 11.3 Å². The van der Waals surface area contributed by atoms with Crippen molar-refractivity contribution in [1.82, 2.24) is 9.78 Å². The van der Waals surface area contributed by atoms with Crippen LogP contribution in [0.3, 0.4) is 0 Å². The highest BCUT2D eigenvalue weighted by atomic mass is 16.6. The smallest absolute Gasteiger partial charge is 0.276 e. The average Bonchev–Trinajstić information content (AvgIpc) is 3.07. The van der Waals surface area contributed by atoms with Gasteiger partial charge >= 0.3 is 0 Å². The summed E-state index contributed by atoms with van der Waals surface area (Å²) in [6, 6.07) is 17.7. The van der Waals surface area contributed by atoms with Gasteiger partial charge in [-0.3, -0.25) is 14.9 Å².